The number of hydrogen-bond donors (Lipinski definition) is 3. The van der Waals surface area contributed by atoms with Crippen molar-refractivity contribution in [2.75, 3.05) is 26.9 Å². The van der Waals surface area contributed by atoms with E-state index in [0.29, 0.717) is 36.4 Å². The quantitative estimate of drug-likeness (QED) is 0.511. The van der Waals surface area contributed by atoms with E-state index in [4.69, 9.17) is 24.1 Å². The van der Waals surface area contributed by atoms with Crippen LogP contribution < -0.4 is 19.5 Å². The number of halogens is 3. The number of para-hydroxylation sites is 1. The summed E-state index contributed by atoms with van der Waals surface area (Å²) in [6.45, 7) is 8.66. The van der Waals surface area contributed by atoms with Crippen LogP contribution in [0.3, 0.4) is 0 Å². The number of hydrogen-bond acceptors (Lipinski definition) is 6. The fourth-order valence-electron chi connectivity index (χ4n) is 1.67. The summed E-state index contributed by atoms with van der Waals surface area (Å²) >= 11 is 0. The number of benzene rings is 1. The first-order chi connectivity index (χ1) is 13.0. The summed E-state index contributed by atoms with van der Waals surface area (Å²) in [7, 11) is 1.57. The zero-order chi connectivity index (χ0) is 21.7. The van der Waals surface area contributed by atoms with Crippen LogP contribution in [0.5, 0.6) is 17.2 Å². The zero-order valence-electron chi connectivity index (χ0n) is 16.0. The summed E-state index contributed by atoms with van der Waals surface area (Å²) in [6.07, 6.45) is -4.03. The second kappa shape index (κ2) is 12.8. The second-order valence-corrected chi connectivity index (χ2v) is 5.72. The molecule has 0 aliphatic rings. The minimum atomic E-state index is -5.08. The van der Waals surface area contributed by atoms with Crippen molar-refractivity contribution < 1.29 is 42.4 Å². The Morgan fingerprint density at radius 1 is 1.29 bits per heavy atom. The predicted octanol–water partition coefficient (Wildman–Crippen LogP) is 2.63. The van der Waals surface area contributed by atoms with Crippen molar-refractivity contribution in [3.63, 3.8) is 0 Å². The Labute approximate surface area is 161 Å². The molecule has 0 amide bonds. The van der Waals surface area contributed by atoms with E-state index in [9.17, 15) is 18.3 Å². The number of aliphatic hydroxyl groups is 1. The largest absolute Gasteiger partial charge is 0.493 e. The molecule has 0 saturated heterocycles. The molecule has 1 rings (SSSR count). The van der Waals surface area contributed by atoms with Gasteiger partial charge in [0.1, 0.15) is 19.3 Å². The number of carboxylic acids is 1. The molecule has 0 bridgehead atoms. The normalized spacial score (nSPS) is 11.9. The first-order valence-electron chi connectivity index (χ1n) is 8.27. The smallest absolute Gasteiger partial charge is 0.490 e. The Morgan fingerprint density at radius 3 is 2.32 bits per heavy atom. The maximum atomic E-state index is 10.6. The lowest BCUT2D eigenvalue weighted by Crippen LogP contribution is -2.35. The number of ether oxygens (including phenoxy) is 3. The van der Waals surface area contributed by atoms with E-state index in [-0.39, 0.29) is 6.61 Å². The molecule has 0 heterocycles. The average Bonchev–Trinajstić information content (AvgIpc) is 2.62. The van der Waals surface area contributed by atoms with Crippen LogP contribution in [0.15, 0.2) is 30.9 Å². The third-order valence-electron chi connectivity index (χ3n) is 2.94. The number of alkyl halides is 3. The van der Waals surface area contributed by atoms with Crippen LogP contribution in [0.1, 0.15) is 13.8 Å². The Kier molecular flexibility index (Phi) is 11.7. The molecule has 0 saturated carbocycles. The van der Waals surface area contributed by atoms with Gasteiger partial charge in [-0.2, -0.15) is 13.2 Å². The maximum absolute atomic E-state index is 10.6. The van der Waals surface area contributed by atoms with Crippen molar-refractivity contribution in [1.82, 2.24) is 5.32 Å². The lowest BCUT2D eigenvalue weighted by atomic mass is 10.3. The Bertz CT molecular complexity index is 607. The van der Waals surface area contributed by atoms with Gasteiger partial charge in [-0.3, -0.25) is 0 Å². The molecule has 0 aliphatic carbocycles. The van der Waals surface area contributed by atoms with Gasteiger partial charge in [0.15, 0.2) is 11.5 Å². The van der Waals surface area contributed by atoms with Crippen LogP contribution in [-0.2, 0) is 4.79 Å². The van der Waals surface area contributed by atoms with Crippen LogP contribution >= 0.6 is 0 Å². The van der Waals surface area contributed by atoms with Crippen molar-refractivity contribution in [3.8, 4) is 17.2 Å². The van der Waals surface area contributed by atoms with Crippen LogP contribution in [0.2, 0.25) is 0 Å². The van der Waals surface area contributed by atoms with E-state index >= 15 is 0 Å². The van der Waals surface area contributed by atoms with Gasteiger partial charge in [0.2, 0.25) is 5.75 Å². The Hall–Kier alpha value is -2.46. The molecule has 0 spiro atoms. The summed E-state index contributed by atoms with van der Waals surface area (Å²) in [5.74, 6) is -1.13. The standard InChI is InChI=1S/C16H25NO4.C2HF3O2/c1-5-9-20-15-8-6-7-14(19-4)16(15)21-11-13(18)10-17-12(2)3;3-2(4,5)1(6)7/h5-8,12-13,17-18H,1,9-11H2,2-4H3;(H,6,7). The minimum Gasteiger partial charge on any atom is -0.493 e. The third-order valence-corrected chi connectivity index (χ3v) is 2.94. The van der Waals surface area contributed by atoms with Gasteiger partial charge in [-0.25, -0.2) is 4.79 Å². The first kappa shape index (κ1) is 25.5. The highest BCUT2D eigenvalue weighted by Crippen LogP contribution is 2.37. The molecule has 10 heteroatoms. The van der Waals surface area contributed by atoms with E-state index in [1.54, 1.807) is 25.3 Å². The third kappa shape index (κ3) is 10.6. The van der Waals surface area contributed by atoms with Crippen molar-refractivity contribution in [1.29, 1.82) is 0 Å². The molecule has 0 radical (unpaired) electrons. The van der Waals surface area contributed by atoms with Gasteiger partial charge in [0.25, 0.3) is 0 Å². The second-order valence-electron chi connectivity index (χ2n) is 5.72. The fraction of sp³-hybridized carbons (Fsp3) is 0.500. The van der Waals surface area contributed by atoms with Crippen LogP contribution in [0.4, 0.5) is 13.2 Å². The lowest BCUT2D eigenvalue weighted by Gasteiger charge is -2.18. The average molecular weight is 409 g/mol. The lowest BCUT2D eigenvalue weighted by molar-refractivity contribution is -0.192. The summed E-state index contributed by atoms with van der Waals surface area (Å²) in [5, 5.41) is 20.2. The number of aliphatic carboxylic acids is 1. The van der Waals surface area contributed by atoms with Crippen molar-refractivity contribution in [2.45, 2.75) is 32.2 Å². The van der Waals surface area contributed by atoms with Gasteiger partial charge in [-0.15, -0.1) is 0 Å². The van der Waals surface area contributed by atoms with Gasteiger partial charge in [0, 0.05) is 12.6 Å². The van der Waals surface area contributed by atoms with Crippen LogP contribution in [0, 0.1) is 0 Å². The maximum Gasteiger partial charge on any atom is 0.490 e. The SMILES string of the molecule is C=CCOc1cccc(OC)c1OCC(O)CNC(C)C.O=C(O)C(F)(F)F. The molecule has 28 heavy (non-hydrogen) atoms. The molecule has 160 valence electrons. The number of carboxylic acid groups (broad SMARTS) is 1. The molecule has 1 aromatic rings. The van der Waals surface area contributed by atoms with Gasteiger partial charge in [0.05, 0.1) is 7.11 Å². The number of nitrogens with one attached hydrogen (secondary N) is 1. The highest BCUT2D eigenvalue weighted by atomic mass is 19.4. The number of methoxy groups -OCH3 is 1. The highest BCUT2D eigenvalue weighted by Gasteiger charge is 2.38. The molecule has 3 N–H and O–H groups in total. The van der Waals surface area contributed by atoms with Gasteiger partial charge >= 0.3 is 12.1 Å². The summed E-state index contributed by atoms with van der Waals surface area (Å²) < 4.78 is 48.2. The molecular formula is C18H26F3NO6. The summed E-state index contributed by atoms with van der Waals surface area (Å²) in [4.78, 5) is 8.90. The Balaban J connectivity index is 0.000000887. The van der Waals surface area contributed by atoms with Crippen molar-refractivity contribution in [2.24, 2.45) is 0 Å². The molecule has 7 nitrogen and oxygen atoms in total. The fourth-order valence-corrected chi connectivity index (χ4v) is 1.67. The van der Waals surface area contributed by atoms with Gasteiger partial charge in [-0.1, -0.05) is 32.6 Å². The zero-order valence-corrected chi connectivity index (χ0v) is 16.0. The highest BCUT2D eigenvalue weighted by molar-refractivity contribution is 5.73. The molecular weight excluding hydrogens is 383 g/mol. The van der Waals surface area contributed by atoms with E-state index in [1.807, 2.05) is 19.9 Å². The minimum absolute atomic E-state index is 0.157. The van der Waals surface area contributed by atoms with Crippen molar-refractivity contribution in [3.05, 3.63) is 30.9 Å². The summed E-state index contributed by atoms with van der Waals surface area (Å²) in [6, 6.07) is 5.72. The Morgan fingerprint density at radius 2 is 1.86 bits per heavy atom. The molecule has 1 aromatic carbocycles. The van der Waals surface area contributed by atoms with Crippen LogP contribution in [-0.4, -0.2) is 61.4 Å². The monoisotopic (exact) mass is 409 g/mol. The first-order valence-corrected chi connectivity index (χ1v) is 8.27. The number of rotatable bonds is 10. The predicted molar refractivity (Wildman–Crippen MR) is 97.0 cm³/mol. The molecule has 0 aromatic heterocycles. The van der Waals surface area contributed by atoms with E-state index in [0.717, 1.165) is 0 Å². The van der Waals surface area contributed by atoms with Crippen molar-refractivity contribution >= 4 is 5.97 Å². The van der Waals surface area contributed by atoms with E-state index < -0.39 is 18.2 Å². The van der Waals surface area contributed by atoms with Gasteiger partial charge < -0.3 is 29.7 Å². The van der Waals surface area contributed by atoms with Crippen LogP contribution in [0.25, 0.3) is 0 Å². The molecule has 1 atom stereocenters. The van der Waals surface area contributed by atoms with Gasteiger partial charge in [-0.05, 0) is 12.1 Å². The summed E-state index contributed by atoms with van der Waals surface area (Å²) in [5.41, 5.74) is 0. The number of aliphatic hydroxyl groups excluding tert-OH is 1. The number of carbonyl (C=O) groups is 1. The van der Waals surface area contributed by atoms with E-state index in [2.05, 4.69) is 11.9 Å². The molecule has 0 aliphatic heterocycles. The molecule has 0 fully saturated rings. The topological polar surface area (TPSA) is 97.3 Å². The van der Waals surface area contributed by atoms with E-state index in [1.165, 1.54) is 0 Å². The molecule has 1 unspecified atom stereocenters.